The van der Waals surface area contributed by atoms with Gasteiger partial charge in [-0.05, 0) is 37.3 Å². The second-order valence-corrected chi connectivity index (χ2v) is 6.90. The number of hydrogen-bond acceptors (Lipinski definition) is 6. The molecule has 1 atom stereocenters. The van der Waals surface area contributed by atoms with Crippen LogP contribution in [0.5, 0.6) is 0 Å². The first-order valence-electron chi connectivity index (χ1n) is 7.89. The summed E-state index contributed by atoms with van der Waals surface area (Å²) in [4.78, 5) is 9.54. The molecule has 2 aromatic rings. The van der Waals surface area contributed by atoms with Crippen LogP contribution < -0.4 is 10.6 Å². The summed E-state index contributed by atoms with van der Waals surface area (Å²) in [6, 6.07) is 4.32. The third-order valence-corrected chi connectivity index (χ3v) is 5.36. The number of fused-ring (bicyclic) bond motifs is 1. The van der Waals surface area contributed by atoms with E-state index in [9.17, 15) is 0 Å². The molecule has 0 unspecified atom stereocenters. The fourth-order valence-electron chi connectivity index (χ4n) is 3.02. The van der Waals surface area contributed by atoms with Gasteiger partial charge in [0.2, 0.25) is 0 Å². The topological polar surface area (TPSA) is 63.0 Å². The van der Waals surface area contributed by atoms with E-state index in [1.54, 1.807) is 6.26 Å². The third kappa shape index (κ3) is 2.85. The highest BCUT2D eigenvalue weighted by Crippen LogP contribution is 2.27. The van der Waals surface area contributed by atoms with Gasteiger partial charge < -0.3 is 15.1 Å². The van der Waals surface area contributed by atoms with Crippen LogP contribution in [-0.4, -0.2) is 40.6 Å². The Balaban J connectivity index is 1.74. The average molecular weight is 316 g/mol. The number of rotatable bonds is 3. The minimum absolute atomic E-state index is 0.518. The zero-order chi connectivity index (χ0) is 14.8. The smallest absolute Gasteiger partial charge is 0.197 e. The molecular weight excluding hydrogens is 296 g/mol. The second-order valence-electron chi connectivity index (χ2n) is 5.75. The molecule has 22 heavy (non-hydrogen) atoms. The van der Waals surface area contributed by atoms with Crippen molar-refractivity contribution in [1.82, 2.24) is 15.3 Å². The van der Waals surface area contributed by atoms with Crippen molar-refractivity contribution in [3.8, 4) is 11.6 Å². The molecule has 0 radical (unpaired) electrons. The van der Waals surface area contributed by atoms with Crippen LogP contribution >= 0.6 is 11.8 Å². The molecule has 2 aromatic heterocycles. The van der Waals surface area contributed by atoms with Crippen LogP contribution in [0.1, 0.15) is 17.7 Å². The lowest BCUT2D eigenvalue weighted by atomic mass is 10.1. The van der Waals surface area contributed by atoms with Gasteiger partial charge in [-0.3, -0.25) is 0 Å². The molecule has 116 valence electrons. The summed E-state index contributed by atoms with van der Waals surface area (Å²) >= 11 is 2.01. The Labute approximate surface area is 134 Å². The Kier molecular flexibility index (Phi) is 4.03. The van der Waals surface area contributed by atoms with E-state index in [0.29, 0.717) is 11.9 Å². The monoisotopic (exact) mass is 316 g/mol. The Morgan fingerprint density at radius 2 is 2.23 bits per heavy atom. The summed E-state index contributed by atoms with van der Waals surface area (Å²) < 4.78 is 5.49. The Morgan fingerprint density at radius 3 is 3.05 bits per heavy atom. The standard InChI is InChI=1S/C16H20N4OS/c1-2-14(21-8-1)16-19-13-4-7-17-6-3-12(13)15(20-16)18-11-5-9-22-10-11/h1-2,8,11,17H,3-7,9-10H2,(H,18,19,20)/t11-/m1/s1. The molecule has 1 saturated heterocycles. The van der Waals surface area contributed by atoms with E-state index >= 15 is 0 Å². The van der Waals surface area contributed by atoms with E-state index < -0.39 is 0 Å². The predicted molar refractivity (Wildman–Crippen MR) is 89.4 cm³/mol. The number of thioether (sulfide) groups is 1. The van der Waals surface area contributed by atoms with Gasteiger partial charge in [0.15, 0.2) is 11.6 Å². The Morgan fingerprint density at radius 1 is 1.27 bits per heavy atom. The van der Waals surface area contributed by atoms with Crippen molar-refractivity contribution in [2.45, 2.75) is 25.3 Å². The van der Waals surface area contributed by atoms with Gasteiger partial charge in [-0.25, -0.2) is 9.97 Å². The molecule has 0 saturated carbocycles. The molecule has 0 amide bonds. The lowest BCUT2D eigenvalue weighted by Crippen LogP contribution is -2.21. The third-order valence-electron chi connectivity index (χ3n) is 4.20. The van der Waals surface area contributed by atoms with Gasteiger partial charge in [0, 0.05) is 30.3 Å². The molecular formula is C16H20N4OS. The first-order valence-corrected chi connectivity index (χ1v) is 9.04. The SMILES string of the molecule is c1coc(-c2nc3c(c(N[C@@H]4CCSC4)n2)CCNCC3)c1. The zero-order valence-electron chi connectivity index (χ0n) is 12.5. The highest BCUT2D eigenvalue weighted by atomic mass is 32.2. The summed E-state index contributed by atoms with van der Waals surface area (Å²) in [7, 11) is 0. The first kappa shape index (κ1) is 14.1. The maximum atomic E-state index is 5.49. The lowest BCUT2D eigenvalue weighted by molar-refractivity contribution is 0.576. The van der Waals surface area contributed by atoms with Crippen molar-refractivity contribution in [3.63, 3.8) is 0 Å². The number of hydrogen-bond donors (Lipinski definition) is 2. The number of anilines is 1. The Hall–Kier alpha value is -1.53. The molecule has 0 bridgehead atoms. The van der Waals surface area contributed by atoms with Gasteiger partial charge in [0.1, 0.15) is 5.82 Å². The van der Waals surface area contributed by atoms with Crippen molar-refractivity contribution in [3.05, 3.63) is 29.7 Å². The number of nitrogens with zero attached hydrogens (tertiary/aromatic N) is 2. The zero-order valence-corrected chi connectivity index (χ0v) is 13.3. The van der Waals surface area contributed by atoms with Gasteiger partial charge in [-0.15, -0.1) is 0 Å². The van der Waals surface area contributed by atoms with Crippen molar-refractivity contribution in [1.29, 1.82) is 0 Å². The van der Waals surface area contributed by atoms with Crippen LogP contribution in [0, 0.1) is 0 Å². The van der Waals surface area contributed by atoms with E-state index in [1.807, 2.05) is 23.9 Å². The van der Waals surface area contributed by atoms with E-state index in [4.69, 9.17) is 14.4 Å². The molecule has 0 aliphatic carbocycles. The van der Waals surface area contributed by atoms with Gasteiger partial charge in [-0.1, -0.05) is 0 Å². The van der Waals surface area contributed by atoms with Crippen LogP contribution in [0.3, 0.4) is 0 Å². The van der Waals surface area contributed by atoms with E-state index in [-0.39, 0.29) is 0 Å². The Bertz CT molecular complexity index is 638. The molecule has 0 aromatic carbocycles. The molecule has 4 heterocycles. The fourth-order valence-corrected chi connectivity index (χ4v) is 4.17. The van der Waals surface area contributed by atoms with Crippen LogP contribution in [0.15, 0.2) is 22.8 Å². The fraction of sp³-hybridized carbons (Fsp3) is 0.500. The van der Waals surface area contributed by atoms with E-state index in [0.717, 1.165) is 49.0 Å². The van der Waals surface area contributed by atoms with Crippen molar-refractivity contribution in [2.24, 2.45) is 0 Å². The maximum absolute atomic E-state index is 5.49. The summed E-state index contributed by atoms with van der Waals surface area (Å²) in [5, 5.41) is 7.10. The maximum Gasteiger partial charge on any atom is 0.197 e. The summed E-state index contributed by atoms with van der Waals surface area (Å²) in [6.07, 6.45) is 4.81. The minimum atomic E-state index is 0.518. The number of aromatic nitrogens is 2. The van der Waals surface area contributed by atoms with Crippen LogP contribution in [0.4, 0.5) is 5.82 Å². The molecule has 2 N–H and O–H groups in total. The van der Waals surface area contributed by atoms with Gasteiger partial charge in [0.05, 0.1) is 12.0 Å². The molecule has 6 heteroatoms. The van der Waals surface area contributed by atoms with Gasteiger partial charge in [-0.2, -0.15) is 11.8 Å². The highest BCUT2D eigenvalue weighted by molar-refractivity contribution is 7.99. The summed E-state index contributed by atoms with van der Waals surface area (Å²) in [6.45, 7) is 1.96. The minimum Gasteiger partial charge on any atom is -0.461 e. The lowest BCUT2D eigenvalue weighted by Gasteiger charge is -2.17. The van der Waals surface area contributed by atoms with Crippen LogP contribution in [0.2, 0.25) is 0 Å². The number of nitrogens with one attached hydrogen (secondary N) is 2. The van der Waals surface area contributed by atoms with Crippen LogP contribution in [-0.2, 0) is 12.8 Å². The molecule has 1 fully saturated rings. The molecule has 5 nitrogen and oxygen atoms in total. The van der Waals surface area contributed by atoms with E-state index in [2.05, 4.69) is 10.6 Å². The molecule has 2 aliphatic heterocycles. The predicted octanol–water partition coefficient (Wildman–Crippen LogP) is 2.34. The van der Waals surface area contributed by atoms with Gasteiger partial charge in [0.25, 0.3) is 0 Å². The van der Waals surface area contributed by atoms with Crippen molar-refractivity contribution in [2.75, 3.05) is 29.9 Å². The number of furan rings is 1. The van der Waals surface area contributed by atoms with Crippen molar-refractivity contribution >= 4 is 17.6 Å². The summed E-state index contributed by atoms with van der Waals surface area (Å²) in [5.41, 5.74) is 2.43. The second kappa shape index (κ2) is 6.30. The summed E-state index contributed by atoms with van der Waals surface area (Å²) in [5.74, 6) is 4.83. The molecule has 0 spiro atoms. The van der Waals surface area contributed by atoms with E-state index in [1.165, 1.54) is 17.7 Å². The highest BCUT2D eigenvalue weighted by Gasteiger charge is 2.22. The van der Waals surface area contributed by atoms with Crippen molar-refractivity contribution < 1.29 is 4.42 Å². The average Bonchev–Trinajstić information content (AvgIpc) is 3.18. The first-order chi connectivity index (χ1) is 10.9. The largest absolute Gasteiger partial charge is 0.461 e. The normalized spacial score (nSPS) is 21.4. The molecule has 2 aliphatic rings. The van der Waals surface area contributed by atoms with Gasteiger partial charge >= 0.3 is 0 Å². The van der Waals surface area contributed by atoms with Crippen LogP contribution in [0.25, 0.3) is 11.6 Å². The molecule has 4 rings (SSSR count). The quantitative estimate of drug-likeness (QED) is 0.906.